The molecule has 3 atom stereocenters. The maximum atomic E-state index is 13.9. The van der Waals surface area contributed by atoms with E-state index < -0.39 is 27.8 Å². The van der Waals surface area contributed by atoms with Gasteiger partial charge < -0.3 is 14.6 Å². The van der Waals surface area contributed by atoms with Gasteiger partial charge in [0.05, 0.1) is 17.1 Å². The van der Waals surface area contributed by atoms with Gasteiger partial charge in [0.15, 0.2) is 0 Å². The number of ether oxygens (including phenoxy) is 1. The number of sulfonamides is 1. The van der Waals surface area contributed by atoms with Gasteiger partial charge >= 0.3 is 0 Å². The number of imidazole rings is 1. The van der Waals surface area contributed by atoms with Crippen LogP contribution in [-0.2, 0) is 21.8 Å². The average molecular weight is 487 g/mol. The fourth-order valence-corrected chi connectivity index (χ4v) is 5.70. The molecule has 1 N–H and O–H groups in total. The molecule has 4 rings (SSSR count). The molecule has 1 aromatic heterocycles. The average Bonchev–Trinajstić information content (AvgIpc) is 3.22. The van der Waals surface area contributed by atoms with E-state index in [4.69, 9.17) is 4.74 Å². The van der Waals surface area contributed by atoms with E-state index in [9.17, 15) is 17.6 Å². The molecule has 34 heavy (non-hydrogen) atoms. The van der Waals surface area contributed by atoms with Crippen molar-refractivity contribution in [1.29, 1.82) is 0 Å². The van der Waals surface area contributed by atoms with E-state index in [1.807, 2.05) is 13.8 Å². The highest BCUT2D eigenvalue weighted by molar-refractivity contribution is 7.89. The van der Waals surface area contributed by atoms with Gasteiger partial charge in [-0.2, -0.15) is 4.31 Å². The monoisotopic (exact) mass is 486 g/mol. The maximum Gasteiger partial charge on any atom is 0.252 e. The molecule has 8 nitrogen and oxygen atoms in total. The number of carbonyl (C=O) groups is 1. The van der Waals surface area contributed by atoms with E-state index in [-0.39, 0.29) is 35.8 Å². The van der Waals surface area contributed by atoms with Gasteiger partial charge in [-0.25, -0.2) is 17.8 Å². The van der Waals surface area contributed by atoms with Gasteiger partial charge in [-0.15, -0.1) is 0 Å². The zero-order valence-corrected chi connectivity index (χ0v) is 20.0. The highest BCUT2D eigenvalue weighted by Gasteiger charge is 2.32. The first kappa shape index (κ1) is 24.1. The number of halogens is 1. The Labute approximate surface area is 198 Å². The molecular weight excluding hydrogens is 459 g/mol. The lowest BCUT2D eigenvalue weighted by Crippen LogP contribution is -2.48. The van der Waals surface area contributed by atoms with Gasteiger partial charge in [-0.05, 0) is 55.8 Å². The molecule has 1 saturated heterocycles. The van der Waals surface area contributed by atoms with Crippen molar-refractivity contribution in [2.75, 3.05) is 13.1 Å². The van der Waals surface area contributed by atoms with Crippen molar-refractivity contribution >= 4 is 15.9 Å². The van der Waals surface area contributed by atoms with Gasteiger partial charge in [0.1, 0.15) is 17.7 Å². The summed E-state index contributed by atoms with van der Waals surface area (Å²) >= 11 is 0. The quantitative estimate of drug-likeness (QED) is 0.578. The smallest absolute Gasteiger partial charge is 0.252 e. The summed E-state index contributed by atoms with van der Waals surface area (Å²) in [7, 11) is -1.93. The molecule has 1 amide bonds. The predicted octanol–water partition coefficient (Wildman–Crippen LogP) is 2.88. The lowest BCUT2D eigenvalue weighted by atomic mass is 10.0. The van der Waals surface area contributed by atoms with E-state index in [2.05, 4.69) is 10.3 Å². The second-order valence-corrected chi connectivity index (χ2v) is 10.4. The van der Waals surface area contributed by atoms with E-state index >= 15 is 0 Å². The normalized spacial score (nSPS) is 20.1. The number of carbonyl (C=O) groups excluding carboxylic acids is 1. The van der Waals surface area contributed by atoms with Crippen molar-refractivity contribution in [1.82, 2.24) is 19.2 Å². The minimum absolute atomic E-state index is 0.108. The van der Waals surface area contributed by atoms with E-state index in [1.54, 1.807) is 36.1 Å². The van der Waals surface area contributed by atoms with Gasteiger partial charge in [0.2, 0.25) is 10.0 Å². The molecule has 2 aromatic carbocycles. The summed E-state index contributed by atoms with van der Waals surface area (Å²) in [6, 6.07) is 11.0. The van der Waals surface area contributed by atoms with Crippen LogP contribution in [0.5, 0.6) is 0 Å². The molecule has 0 spiro atoms. The van der Waals surface area contributed by atoms with Crippen molar-refractivity contribution < 1.29 is 22.3 Å². The van der Waals surface area contributed by atoms with Crippen LogP contribution < -0.4 is 5.32 Å². The molecule has 1 aliphatic rings. The number of hydrogen-bond donors (Lipinski definition) is 1. The van der Waals surface area contributed by atoms with Crippen molar-refractivity contribution in [3.63, 3.8) is 0 Å². The third-order valence-corrected chi connectivity index (χ3v) is 7.56. The molecule has 10 heteroatoms. The predicted molar refractivity (Wildman–Crippen MR) is 124 cm³/mol. The van der Waals surface area contributed by atoms with Crippen LogP contribution in [0.1, 0.15) is 41.6 Å². The van der Waals surface area contributed by atoms with Crippen LogP contribution in [0.25, 0.3) is 0 Å². The number of nitrogens with one attached hydrogen (secondary N) is 1. The van der Waals surface area contributed by atoms with E-state index in [0.717, 1.165) is 0 Å². The van der Waals surface area contributed by atoms with Crippen LogP contribution in [0.2, 0.25) is 0 Å². The standard InChI is InChI=1S/C24H27FN4O4S/c1-16-14-29(15-17(2)33-16)34(31,32)21-9-7-18(8-10-21)24(30)27-22(23-26-11-12-28(23)3)19-5-4-6-20(25)13-19/h4-13,16-17,22H,14-15H2,1-3H3,(H,27,30)/t16-,17-,22+/m1/s1. The Hall–Kier alpha value is -3.08. The summed E-state index contributed by atoms with van der Waals surface area (Å²) in [5.74, 6) is -0.323. The summed E-state index contributed by atoms with van der Waals surface area (Å²) in [5, 5.41) is 2.89. The summed E-state index contributed by atoms with van der Waals surface area (Å²) < 4.78 is 48.8. The Morgan fingerprint density at radius 1 is 1.15 bits per heavy atom. The van der Waals surface area contributed by atoms with Crippen molar-refractivity contribution in [3.8, 4) is 0 Å². The molecule has 0 bridgehead atoms. The number of morpholine rings is 1. The second kappa shape index (κ2) is 9.65. The maximum absolute atomic E-state index is 13.9. The molecule has 0 aliphatic carbocycles. The van der Waals surface area contributed by atoms with Crippen LogP contribution in [-0.4, -0.2) is 53.5 Å². The Bertz CT molecular complexity index is 1270. The number of nitrogens with zero attached hydrogens (tertiary/aromatic N) is 3. The molecule has 1 fully saturated rings. The highest BCUT2D eigenvalue weighted by atomic mass is 32.2. The van der Waals surface area contributed by atoms with Gasteiger partial charge in [-0.3, -0.25) is 4.79 Å². The Morgan fingerprint density at radius 3 is 2.41 bits per heavy atom. The third kappa shape index (κ3) is 5.03. The summed E-state index contributed by atoms with van der Waals surface area (Å²) in [4.78, 5) is 17.5. The zero-order chi connectivity index (χ0) is 24.5. The summed E-state index contributed by atoms with van der Waals surface area (Å²) in [5.41, 5.74) is 0.815. The van der Waals surface area contributed by atoms with Crippen molar-refractivity contribution in [3.05, 3.63) is 83.7 Å². The zero-order valence-electron chi connectivity index (χ0n) is 19.2. The number of aromatic nitrogens is 2. The summed E-state index contributed by atoms with van der Waals surface area (Å²) in [6.07, 6.45) is 2.94. The Kier molecular flexibility index (Phi) is 6.83. The molecule has 2 heterocycles. The topological polar surface area (TPSA) is 93.5 Å². The molecular formula is C24H27FN4O4S. The van der Waals surface area contributed by atoms with Crippen LogP contribution in [0.4, 0.5) is 4.39 Å². The third-order valence-electron chi connectivity index (χ3n) is 5.71. The minimum atomic E-state index is -3.72. The molecule has 0 unspecified atom stereocenters. The van der Waals surface area contributed by atoms with E-state index in [0.29, 0.717) is 11.4 Å². The highest BCUT2D eigenvalue weighted by Crippen LogP contribution is 2.24. The molecule has 1 aliphatic heterocycles. The minimum Gasteiger partial charge on any atom is -0.373 e. The van der Waals surface area contributed by atoms with Crippen LogP contribution in [0.3, 0.4) is 0 Å². The number of rotatable bonds is 6. The lowest BCUT2D eigenvalue weighted by molar-refractivity contribution is -0.0440. The molecule has 0 radical (unpaired) electrons. The van der Waals surface area contributed by atoms with Gasteiger partial charge in [0, 0.05) is 38.1 Å². The lowest BCUT2D eigenvalue weighted by Gasteiger charge is -2.34. The van der Waals surface area contributed by atoms with Crippen LogP contribution in [0.15, 0.2) is 65.8 Å². The van der Waals surface area contributed by atoms with Crippen LogP contribution >= 0.6 is 0 Å². The Balaban J connectivity index is 1.56. The fourth-order valence-electron chi connectivity index (χ4n) is 4.11. The van der Waals surface area contributed by atoms with Crippen molar-refractivity contribution in [2.24, 2.45) is 7.05 Å². The van der Waals surface area contributed by atoms with E-state index in [1.165, 1.54) is 40.7 Å². The number of amides is 1. The Morgan fingerprint density at radius 2 is 1.82 bits per heavy atom. The second-order valence-electron chi connectivity index (χ2n) is 8.46. The first-order valence-electron chi connectivity index (χ1n) is 10.9. The first-order valence-corrected chi connectivity index (χ1v) is 12.4. The molecule has 0 saturated carbocycles. The first-order chi connectivity index (χ1) is 16.1. The van der Waals surface area contributed by atoms with Crippen LogP contribution in [0, 0.1) is 5.82 Å². The number of hydrogen-bond acceptors (Lipinski definition) is 5. The van der Waals surface area contributed by atoms with Gasteiger partial charge in [-0.1, -0.05) is 12.1 Å². The summed E-state index contributed by atoms with van der Waals surface area (Å²) in [6.45, 7) is 4.21. The number of benzene rings is 2. The number of aryl methyl sites for hydroxylation is 1. The van der Waals surface area contributed by atoms with Gasteiger partial charge in [0.25, 0.3) is 5.91 Å². The fraction of sp³-hybridized carbons (Fsp3) is 0.333. The van der Waals surface area contributed by atoms with Crippen molar-refractivity contribution in [2.45, 2.75) is 37.0 Å². The molecule has 3 aromatic rings. The SMILES string of the molecule is C[C@@H]1CN(S(=O)(=O)c2ccc(C(=O)N[C@@H](c3cccc(F)c3)c3nccn3C)cc2)C[C@@H](C)O1. The largest absolute Gasteiger partial charge is 0.373 e. The molecule has 180 valence electrons.